The van der Waals surface area contributed by atoms with Crippen LogP contribution in [0, 0.1) is 13.8 Å². The Bertz CT molecular complexity index is 526. The number of ether oxygens (including phenoxy) is 2. The number of hydrogen-bond donors (Lipinski definition) is 0. The van der Waals surface area contributed by atoms with Crippen LogP contribution in [0.25, 0.3) is 0 Å². The topological polar surface area (TPSA) is 47.9 Å². The van der Waals surface area contributed by atoms with E-state index in [0.29, 0.717) is 0 Å². The summed E-state index contributed by atoms with van der Waals surface area (Å²) in [4.78, 5) is 14.6. The molecule has 2 rings (SSSR count). The van der Waals surface area contributed by atoms with E-state index in [1.165, 1.54) is 0 Å². The standard InChI is InChI=1S/C14H17NO3/c1-9-7-11(17-3)10(2)12(13(9)18-4)14(5-6-14)15-8-16/h7H,5-6H2,1-4H3. The maximum atomic E-state index is 10.6. The normalized spacial score (nSPS) is 15.8. The van der Waals surface area contributed by atoms with Crippen LogP contribution in [0.1, 0.15) is 29.5 Å². The minimum absolute atomic E-state index is 0.448. The zero-order valence-corrected chi connectivity index (χ0v) is 11.2. The smallest absolute Gasteiger partial charge is 0.235 e. The van der Waals surface area contributed by atoms with Gasteiger partial charge in [0.05, 0.1) is 14.2 Å². The molecule has 18 heavy (non-hydrogen) atoms. The molecule has 0 bridgehead atoms. The lowest BCUT2D eigenvalue weighted by Crippen LogP contribution is -2.10. The van der Waals surface area contributed by atoms with E-state index >= 15 is 0 Å². The Kier molecular flexibility index (Phi) is 3.14. The Balaban J connectivity index is 2.71. The van der Waals surface area contributed by atoms with Crippen molar-refractivity contribution < 1.29 is 14.3 Å². The predicted molar refractivity (Wildman–Crippen MR) is 68.1 cm³/mol. The van der Waals surface area contributed by atoms with Gasteiger partial charge in [-0.3, -0.25) is 0 Å². The molecule has 1 aromatic carbocycles. The number of rotatable bonds is 4. The fraction of sp³-hybridized carbons (Fsp3) is 0.500. The first-order valence-corrected chi connectivity index (χ1v) is 5.91. The summed E-state index contributed by atoms with van der Waals surface area (Å²) in [5, 5.41) is 0. The molecule has 4 heteroatoms. The Morgan fingerprint density at radius 1 is 1.28 bits per heavy atom. The van der Waals surface area contributed by atoms with E-state index in [0.717, 1.165) is 41.0 Å². The summed E-state index contributed by atoms with van der Waals surface area (Å²) >= 11 is 0. The fourth-order valence-electron chi connectivity index (χ4n) is 2.52. The van der Waals surface area contributed by atoms with Crippen molar-refractivity contribution in [2.45, 2.75) is 32.2 Å². The number of carbonyl (C=O) groups excluding carboxylic acids is 1. The van der Waals surface area contributed by atoms with Gasteiger partial charge in [-0.05, 0) is 38.3 Å². The van der Waals surface area contributed by atoms with Crippen molar-refractivity contribution in [1.82, 2.24) is 0 Å². The first kappa shape index (κ1) is 12.7. The van der Waals surface area contributed by atoms with E-state index in [-0.39, 0.29) is 0 Å². The Morgan fingerprint density at radius 2 is 1.94 bits per heavy atom. The first-order valence-electron chi connectivity index (χ1n) is 5.91. The molecule has 0 N–H and O–H groups in total. The van der Waals surface area contributed by atoms with Gasteiger partial charge in [-0.2, -0.15) is 4.99 Å². The minimum atomic E-state index is -0.448. The Hall–Kier alpha value is -1.80. The van der Waals surface area contributed by atoms with Gasteiger partial charge in [0.1, 0.15) is 17.0 Å². The average Bonchev–Trinajstić information content (AvgIpc) is 3.12. The van der Waals surface area contributed by atoms with Crippen LogP contribution in [0.5, 0.6) is 11.5 Å². The van der Waals surface area contributed by atoms with Gasteiger partial charge < -0.3 is 9.47 Å². The Labute approximate surface area is 107 Å². The van der Waals surface area contributed by atoms with Gasteiger partial charge in [-0.25, -0.2) is 4.79 Å². The zero-order chi connectivity index (χ0) is 13.3. The van der Waals surface area contributed by atoms with Gasteiger partial charge in [0.15, 0.2) is 0 Å². The SMILES string of the molecule is COc1cc(C)c(OC)c(C2(N=C=O)CC2)c1C. The predicted octanol–water partition coefficient (Wildman–Crippen LogP) is 2.65. The van der Waals surface area contributed by atoms with Crippen molar-refractivity contribution in [2.75, 3.05) is 14.2 Å². The summed E-state index contributed by atoms with van der Waals surface area (Å²) in [6.07, 6.45) is 3.39. The van der Waals surface area contributed by atoms with Gasteiger partial charge in [0.25, 0.3) is 0 Å². The number of methoxy groups -OCH3 is 2. The number of hydrogen-bond acceptors (Lipinski definition) is 4. The van der Waals surface area contributed by atoms with E-state index in [1.54, 1.807) is 20.3 Å². The second-order valence-electron chi connectivity index (χ2n) is 4.66. The van der Waals surface area contributed by atoms with Crippen LogP contribution in [-0.4, -0.2) is 20.3 Å². The summed E-state index contributed by atoms with van der Waals surface area (Å²) in [6.45, 7) is 3.93. The summed E-state index contributed by atoms with van der Waals surface area (Å²) in [5.41, 5.74) is 2.49. The second-order valence-corrected chi connectivity index (χ2v) is 4.66. The van der Waals surface area contributed by atoms with Crippen LogP contribution in [0.2, 0.25) is 0 Å². The molecular formula is C14H17NO3. The lowest BCUT2D eigenvalue weighted by molar-refractivity contribution is 0.388. The molecule has 0 radical (unpaired) electrons. The molecule has 1 fully saturated rings. The lowest BCUT2D eigenvalue weighted by atomic mass is 9.94. The van der Waals surface area contributed by atoms with Crippen molar-refractivity contribution in [3.63, 3.8) is 0 Å². The zero-order valence-electron chi connectivity index (χ0n) is 11.2. The highest BCUT2D eigenvalue weighted by Crippen LogP contribution is 2.55. The van der Waals surface area contributed by atoms with Crippen molar-refractivity contribution in [2.24, 2.45) is 4.99 Å². The molecule has 1 aromatic rings. The highest BCUT2D eigenvalue weighted by Gasteiger charge is 2.48. The van der Waals surface area contributed by atoms with Gasteiger partial charge in [0, 0.05) is 11.1 Å². The Morgan fingerprint density at radius 3 is 2.39 bits per heavy atom. The number of aryl methyl sites for hydroxylation is 1. The van der Waals surface area contributed by atoms with Crippen LogP contribution >= 0.6 is 0 Å². The molecule has 0 spiro atoms. The van der Waals surface area contributed by atoms with Gasteiger partial charge >= 0.3 is 0 Å². The molecule has 0 saturated heterocycles. The summed E-state index contributed by atoms with van der Waals surface area (Å²) < 4.78 is 10.9. The summed E-state index contributed by atoms with van der Waals surface area (Å²) in [6, 6.07) is 1.94. The van der Waals surface area contributed by atoms with Crippen LogP contribution < -0.4 is 9.47 Å². The molecule has 0 heterocycles. The molecule has 1 aliphatic rings. The largest absolute Gasteiger partial charge is 0.496 e. The maximum Gasteiger partial charge on any atom is 0.235 e. The van der Waals surface area contributed by atoms with Crippen LogP contribution in [-0.2, 0) is 10.3 Å². The molecule has 0 unspecified atom stereocenters. The van der Waals surface area contributed by atoms with Crippen LogP contribution in [0.15, 0.2) is 11.1 Å². The van der Waals surface area contributed by atoms with E-state index < -0.39 is 5.54 Å². The second kappa shape index (κ2) is 4.46. The van der Waals surface area contributed by atoms with Crippen molar-refractivity contribution >= 4 is 6.08 Å². The molecule has 0 aromatic heterocycles. The monoisotopic (exact) mass is 247 g/mol. The third kappa shape index (κ3) is 1.79. The third-order valence-corrected chi connectivity index (χ3v) is 3.55. The number of isocyanates is 1. The van der Waals surface area contributed by atoms with Crippen molar-refractivity contribution in [1.29, 1.82) is 0 Å². The van der Waals surface area contributed by atoms with Crippen LogP contribution in [0.3, 0.4) is 0 Å². The average molecular weight is 247 g/mol. The molecule has 0 amide bonds. The molecule has 96 valence electrons. The van der Waals surface area contributed by atoms with Gasteiger partial charge in [-0.15, -0.1) is 0 Å². The number of benzene rings is 1. The molecule has 0 atom stereocenters. The lowest BCUT2D eigenvalue weighted by Gasteiger charge is -2.20. The highest BCUT2D eigenvalue weighted by atomic mass is 16.5. The third-order valence-electron chi connectivity index (χ3n) is 3.55. The highest BCUT2D eigenvalue weighted by molar-refractivity contribution is 5.58. The van der Waals surface area contributed by atoms with E-state index in [2.05, 4.69) is 4.99 Å². The van der Waals surface area contributed by atoms with Crippen LogP contribution in [0.4, 0.5) is 0 Å². The molecule has 1 aliphatic carbocycles. The fourth-order valence-corrected chi connectivity index (χ4v) is 2.52. The van der Waals surface area contributed by atoms with Gasteiger partial charge in [-0.1, -0.05) is 0 Å². The molecule has 0 aliphatic heterocycles. The van der Waals surface area contributed by atoms with Gasteiger partial charge in [0.2, 0.25) is 6.08 Å². The van der Waals surface area contributed by atoms with Crippen molar-refractivity contribution in [3.8, 4) is 11.5 Å². The quantitative estimate of drug-likeness (QED) is 0.607. The van der Waals surface area contributed by atoms with E-state index in [1.807, 2.05) is 19.9 Å². The van der Waals surface area contributed by atoms with E-state index in [4.69, 9.17) is 9.47 Å². The molecule has 4 nitrogen and oxygen atoms in total. The summed E-state index contributed by atoms with van der Waals surface area (Å²) in [5.74, 6) is 1.60. The number of nitrogens with zero attached hydrogens (tertiary/aromatic N) is 1. The molecular weight excluding hydrogens is 230 g/mol. The first-order chi connectivity index (χ1) is 8.59. The van der Waals surface area contributed by atoms with Crippen molar-refractivity contribution in [3.05, 3.63) is 22.8 Å². The number of aliphatic imine (C=N–C) groups is 1. The maximum absolute atomic E-state index is 10.6. The van der Waals surface area contributed by atoms with E-state index in [9.17, 15) is 4.79 Å². The minimum Gasteiger partial charge on any atom is -0.496 e. The summed E-state index contributed by atoms with van der Waals surface area (Å²) in [7, 11) is 3.28. The molecule has 1 saturated carbocycles.